The Labute approximate surface area is 153 Å². The molecule has 1 aromatic rings. The van der Waals surface area contributed by atoms with E-state index in [9.17, 15) is 13.2 Å². The van der Waals surface area contributed by atoms with E-state index < -0.39 is 15.7 Å². The third-order valence-electron chi connectivity index (χ3n) is 3.68. The van der Waals surface area contributed by atoms with Crippen LogP contribution in [0.2, 0.25) is 10.0 Å². The van der Waals surface area contributed by atoms with Crippen LogP contribution in [0.4, 0.5) is 5.69 Å². The Kier molecular flexibility index (Phi) is 4.80. The molecule has 6 nitrogen and oxygen atoms in total. The van der Waals surface area contributed by atoms with Gasteiger partial charge in [-0.15, -0.1) is 0 Å². The average Bonchev–Trinajstić information content (AvgIpc) is 2.93. The van der Waals surface area contributed by atoms with E-state index in [0.29, 0.717) is 20.9 Å². The standard InChI is InChI=1S/C14H11Cl2N3O3S2/c15-8-1-2-9(16)10(5-8)19-11-6-24(21,22)7-12(11)23-14(19)18-13(20)3-4-17/h1-2,5,11-12H,3,6-7H2/t11-,12-/m0/s1. The van der Waals surface area contributed by atoms with Gasteiger partial charge in [0.2, 0.25) is 0 Å². The molecule has 24 heavy (non-hydrogen) atoms. The second-order valence-electron chi connectivity index (χ2n) is 5.39. The fourth-order valence-electron chi connectivity index (χ4n) is 2.73. The monoisotopic (exact) mass is 403 g/mol. The molecule has 2 aliphatic heterocycles. The number of amides is 1. The number of fused-ring (bicyclic) bond motifs is 1. The number of carbonyl (C=O) groups is 1. The molecule has 0 saturated carbocycles. The molecule has 126 valence electrons. The maximum atomic E-state index is 12.0. The number of anilines is 1. The lowest BCUT2D eigenvalue weighted by molar-refractivity contribution is -0.116. The van der Waals surface area contributed by atoms with Crippen molar-refractivity contribution in [1.29, 1.82) is 5.26 Å². The number of hydrogen-bond donors (Lipinski definition) is 0. The highest BCUT2D eigenvalue weighted by atomic mass is 35.5. The molecule has 0 aliphatic carbocycles. The van der Waals surface area contributed by atoms with Gasteiger partial charge in [0.25, 0.3) is 5.91 Å². The largest absolute Gasteiger partial charge is 0.314 e. The van der Waals surface area contributed by atoms with Crippen molar-refractivity contribution < 1.29 is 13.2 Å². The molecule has 3 rings (SSSR count). The summed E-state index contributed by atoms with van der Waals surface area (Å²) in [6.07, 6.45) is -0.338. The molecule has 0 spiro atoms. The number of nitrogens with zero attached hydrogens (tertiary/aromatic N) is 3. The summed E-state index contributed by atoms with van der Waals surface area (Å²) in [6, 6.07) is 6.22. The van der Waals surface area contributed by atoms with E-state index >= 15 is 0 Å². The zero-order valence-corrected chi connectivity index (χ0v) is 15.3. The summed E-state index contributed by atoms with van der Waals surface area (Å²) in [7, 11) is -3.16. The van der Waals surface area contributed by atoms with Crippen molar-refractivity contribution in [3.05, 3.63) is 28.2 Å². The Hall–Kier alpha value is -1.27. The zero-order chi connectivity index (χ0) is 17.5. The second-order valence-corrected chi connectivity index (χ2v) is 9.59. The van der Waals surface area contributed by atoms with Gasteiger partial charge in [-0.3, -0.25) is 4.79 Å². The van der Waals surface area contributed by atoms with Crippen LogP contribution in [0.15, 0.2) is 23.2 Å². The molecule has 0 aromatic heterocycles. The third-order valence-corrected chi connectivity index (χ3v) is 7.45. The van der Waals surface area contributed by atoms with Crippen LogP contribution < -0.4 is 4.90 Å². The lowest BCUT2D eigenvalue weighted by Crippen LogP contribution is -2.37. The summed E-state index contributed by atoms with van der Waals surface area (Å²) < 4.78 is 23.9. The number of thioether (sulfide) groups is 1. The Morgan fingerprint density at radius 3 is 2.88 bits per heavy atom. The molecule has 2 fully saturated rings. The molecule has 0 unspecified atom stereocenters. The van der Waals surface area contributed by atoms with E-state index in [1.54, 1.807) is 29.2 Å². The highest BCUT2D eigenvalue weighted by molar-refractivity contribution is 8.16. The van der Waals surface area contributed by atoms with Gasteiger partial charge in [0.15, 0.2) is 15.0 Å². The predicted molar refractivity (Wildman–Crippen MR) is 95.4 cm³/mol. The Bertz CT molecular complexity index is 880. The molecule has 1 aromatic carbocycles. The molecule has 0 radical (unpaired) electrons. The first kappa shape index (κ1) is 17.5. The third kappa shape index (κ3) is 3.40. The van der Waals surface area contributed by atoms with Crippen LogP contribution in [0, 0.1) is 11.3 Å². The number of nitriles is 1. The van der Waals surface area contributed by atoms with Crippen molar-refractivity contribution in [2.75, 3.05) is 16.4 Å². The number of amidine groups is 1. The van der Waals surface area contributed by atoms with E-state index in [2.05, 4.69) is 4.99 Å². The van der Waals surface area contributed by atoms with E-state index in [-0.39, 0.29) is 29.2 Å². The molecule has 1 amide bonds. The number of carbonyl (C=O) groups excluding carboxylic acids is 1. The molecule has 2 heterocycles. The Morgan fingerprint density at radius 1 is 1.42 bits per heavy atom. The minimum absolute atomic E-state index is 0.0163. The number of halogens is 2. The molecule has 10 heteroatoms. The summed E-state index contributed by atoms with van der Waals surface area (Å²) in [6.45, 7) is 0. The van der Waals surface area contributed by atoms with Gasteiger partial charge in [-0.05, 0) is 18.2 Å². The summed E-state index contributed by atoms with van der Waals surface area (Å²) in [5.74, 6) is -0.604. The number of aliphatic imine (C=N–C) groups is 1. The van der Waals surface area contributed by atoms with E-state index in [4.69, 9.17) is 28.5 Å². The van der Waals surface area contributed by atoms with Gasteiger partial charge in [-0.25, -0.2) is 8.42 Å². The minimum Gasteiger partial charge on any atom is -0.314 e. The molecule has 2 saturated heterocycles. The van der Waals surface area contributed by atoms with Gasteiger partial charge in [0, 0.05) is 10.3 Å². The average molecular weight is 404 g/mol. The molecule has 2 aliphatic rings. The first-order valence-electron chi connectivity index (χ1n) is 6.90. The molecular formula is C14H11Cl2N3O3S2. The SMILES string of the molecule is N#CCC(=O)N=C1S[C@H]2CS(=O)(=O)C[C@@H]2N1c1cc(Cl)ccc1Cl. The normalized spacial score (nSPS) is 26.4. The highest BCUT2D eigenvalue weighted by Crippen LogP contribution is 2.43. The molecule has 2 atom stereocenters. The van der Waals surface area contributed by atoms with Crippen LogP contribution in [0.5, 0.6) is 0 Å². The zero-order valence-electron chi connectivity index (χ0n) is 12.1. The van der Waals surface area contributed by atoms with Gasteiger partial charge in [0.05, 0.1) is 34.3 Å². The topological polar surface area (TPSA) is 90.6 Å². The van der Waals surface area contributed by atoms with Crippen LogP contribution in [0.3, 0.4) is 0 Å². The van der Waals surface area contributed by atoms with Gasteiger partial charge in [0.1, 0.15) is 6.42 Å². The maximum Gasteiger partial charge on any atom is 0.262 e. The van der Waals surface area contributed by atoms with Crippen molar-refractivity contribution in [1.82, 2.24) is 0 Å². The molecule has 0 bridgehead atoms. The Balaban J connectivity index is 2.06. The van der Waals surface area contributed by atoms with Crippen LogP contribution >= 0.6 is 35.0 Å². The van der Waals surface area contributed by atoms with Crippen LogP contribution in [-0.2, 0) is 14.6 Å². The van der Waals surface area contributed by atoms with E-state index in [0.717, 1.165) is 0 Å². The number of sulfone groups is 1. The molecular weight excluding hydrogens is 393 g/mol. The van der Waals surface area contributed by atoms with Gasteiger partial charge >= 0.3 is 0 Å². The van der Waals surface area contributed by atoms with E-state index in [1.807, 2.05) is 0 Å². The van der Waals surface area contributed by atoms with Crippen LogP contribution in [-0.4, -0.2) is 42.3 Å². The summed E-state index contributed by atoms with van der Waals surface area (Å²) in [4.78, 5) is 17.4. The van der Waals surface area contributed by atoms with Crippen molar-refractivity contribution >= 4 is 61.6 Å². The van der Waals surface area contributed by atoms with Crippen molar-refractivity contribution in [2.24, 2.45) is 4.99 Å². The van der Waals surface area contributed by atoms with Crippen molar-refractivity contribution in [3.63, 3.8) is 0 Å². The smallest absolute Gasteiger partial charge is 0.262 e. The van der Waals surface area contributed by atoms with Gasteiger partial charge in [-0.1, -0.05) is 35.0 Å². The highest BCUT2D eigenvalue weighted by Gasteiger charge is 2.49. The fraction of sp³-hybridized carbons (Fsp3) is 0.357. The fourth-order valence-corrected chi connectivity index (χ4v) is 7.03. The Morgan fingerprint density at radius 2 is 2.17 bits per heavy atom. The summed E-state index contributed by atoms with van der Waals surface area (Å²) in [5, 5.41) is 9.56. The number of benzene rings is 1. The first-order chi connectivity index (χ1) is 11.3. The number of rotatable bonds is 2. The lowest BCUT2D eigenvalue weighted by atomic mass is 10.2. The van der Waals surface area contributed by atoms with Crippen LogP contribution in [0.1, 0.15) is 6.42 Å². The molecule has 0 N–H and O–H groups in total. The van der Waals surface area contributed by atoms with Gasteiger partial charge < -0.3 is 4.90 Å². The van der Waals surface area contributed by atoms with Crippen molar-refractivity contribution in [3.8, 4) is 6.07 Å². The van der Waals surface area contributed by atoms with E-state index in [1.165, 1.54) is 11.8 Å². The second kappa shape index (κ2) is 6.56. The van der Waals surface area contributed by atoms with Gasteiger partial charge in [-0.2, -0.15) is 10.3 Å². The summed E-state index contributed by atoms with van der Waals surface area (Å²) in [5.41, 5.74) is 0.504. The predicted octanol–water partition coefficient (Wildman–Crippen LogP) is 2.51. The summed E-state index contributed by atoms with van der Waals surface area (Å²) >= 11 is 13.5. The maximum absolute atomic E-state index is 12.0. The van der Waals surface area contributed by atoms with Crippen LogP contribution in [0.25, 0.3) is 0 Å². The minimum atomic E-state index is -3.16. The lowest BCUT2D eigenvalue weighted by Gasteiger charge is -2.25. The van der Waals surface area contributed by atoms with Crippen molar-refractivity contribution in [2.45, 2.75) is 17.7 Å². The first-order valence-corrected chi connectivity index (χ1v) is 10.4. The quantitative estimate of drug-likeness (QED) is 0.753. The number of hydrogen-bond acceptors (Lipinski definition) is 5.